The van der Waals surface area contributed by atoms with Crippen molar-refractivity contribution in [3.05, 3.63) is 35.7 Å². The number of sulfone groups is 1. The Morgan fingerprint density at radius 2 is 1.83 bits per heavy atom. The Balaban J connectivity index is 2.34. The highest BCUT2D eigenvalue weighted by atomic mass is 32.2. The lowest BCUT2D eigenvalue weighted by Gasteiger charge is -2.16. The van der Waals surface area contributed by atoms with E-state index >= 15 is 0 Å². The van der Waals surface area contributed by atoms with E-state index in [0.717, 1.165) is 22.3 Å². The molecule has 0 spiro atoms. The third-order valence-corrected chi connectivity index (χ3v) is 6.27. The van der Waals surface area contributed by atoms with E-state index in [9.17, 15) is 8.42 Å². The molecule has 3 heterocycles. The number of hydrogen-bond donors (Lipinski definition) is 0. The highest BCUT2D eigenvalue weighted by molar-refractivity contribution is 7.90. The third-order valence-electron chi connectivity index (χ3n) is 5.16. The van der Waals surface area contributed by atoms with Crippen molar-refractivity contribution in [3.8, 4) is 17.1 Å². The van der Waals surface area contributed by atoms with Gasteiger partial charge in [-0.2, -0.15) is 0 Å². The summed E-state index contributed by atoms with van der Waals surface area (Å²) in [6, 6.07) is 5.46. The maximum absolute atomic E-state index is 12.7. The number of hydrogen-bond acceptors (Lipinski definition) is 6. The Hall–Kier alpha value is -2.45. The smallest absolute Gasteiger partial charge is 0.222 e. The van der Waals surface area contributed by atoms with Crippen LogP contribution in [0.2, 0.25) is 0 Å². The van der Waals surface area contributed by atoms with Gasteiger partial charge in [-0.1, -0.05) is 13.8 Å². The first kappa shape index (κ1) is 22.2. The molecular formula is C22H29N3O4S. The van der Waals surface area contributed by atoms with Crippen LogP contribution in [0.3, 0.4) is 0 Å². The van der Waals surface area contributed by atoms with Gasteiger partial charge in [-0.15, -0.1) is 0 Å². The van der Waals surface area contributed by atoms with E-state index in [4.69, 9.17) is 14.5 Å². The fourth-order valence-corrected chi connectivity index (χ4v) is 4.42. The normalized spacial score (nSPS) is 13.2. The van der Waals surface area contributed by atoms with Crippen LogP contribution >= 0.6 is 0 Å². The van der Waals surface area contributed by atoms with Crippen molar-refractivity contribution in [2.75, 3.05) is 27.1 Å². The summed E-state index contributed by atoms with van der Waals surface area (Å²) in [4.78, 5) is 9.52. The molecule has 8 heteroatoms. The molecule has 0 bridgehead atoms. The van der Waals surface area contributed by atoms with Gasteiger partial charge < -0.3 is 14.0 Å². The predicted octanol–water partition coefficient (Wildman–Crippen LogP) is 4.15. The predicted molar refractivity (Wildman–Crippen MR) is 118 cm³/mol. The fraction of sp³-hybridized carbons (Fsp3) is 0.455. The number of fused-ring (bicyclic) bond motifs is 1. The van der Waals surface area contributed by atoms with Crippen LogP contribution in [0, 0.1) is 6.92 Å². The Morgan fingerprint density at radius 3 is 2.40 bits per heavy atom. The SMILES string of the molecule is COC[C@H](C)n1cc(C)c2nc(-c3ccc(C(C)C)nc3OC)c(S(C)(=O)=O)cc21. The fourth-order valence-electron chi connectivity index (χ4n) is 3.59. The molecule has 0 fully saturated rings. The van der Waals surface area contributed by atoms with Crippen molar-refractivity contribution in [2.24, 2.45) is 0 Å². The Kier molecular flexibility index (Phi) is 6.19. The lowest BCUT2D eigenvalue weighted by molar-refractivity contribution is 0.164. The summed E-state index contributed by atoms with van der Waals surface area (Å²) in [5.41, 5.74) is 4.24. The largest absolute Gasteiger partial charge is 0.480 e. The number of aryl methyl sites for hydroxylation is 1. The van der Waals surface area contributed by atoms with E-state index in [2.05, 4.69) is 4.98 Å². The second kappa shape index (κ2) is 8.35. The van der Waals surface area contributed by atoms with Crippen LogP contribution in [-0.2, 0) is 14.6 Å². The molecule has 3 aromatic heterocycles. The second-order valence-corrected chi connectivity index (χ2v) is 9.93. The lowest BCUT2D eigenvalue weighted by atomic mass is 10.1. The number of methoxy groups -OCH3 is 2. The quantitative estimate of drug-likeness (QED) is 0.559. The van der Waals surface area contributed by atoms with Gasteiger partial charge in [-0.3, -0.25) is 0 Å². The van der Waals surface area contributed by atoms with E-state index in [1.54, 1.807) is 13.2 Å². The first-order valence-corrected chi connectivity index (χ1v) is 11.7. The van der Waals surface area contributed by atoms with E-state index < -0.39 is 9.84 Å². The Morgan fingerprint density at radius 1 is 1.13 bits per heavy atom. The topological polar surface area (TPSA) is 83.3 Å². The van der Waals surface area contributed by atoms with Gasteiger partial charge in [0.1, 0.15) is 0 Å². The van der Waals surface area contributed by atoms with Crippen molar-refractivity contribution < 1.29 is 17.9 Å². The zero-order valence-corrected chi connectivity index (χ0v) is 19.4. The van der Waals surface area contributed by atoms with Gasteiger partial charge in [-0.05, 0) is 43.5 Å². The molecule has 0 saturated carbocycles. The van der Waals surface area contributed by atoms with E-state index in [-0.39, 0.29) is 16.9 Å². The molecule has 30 heavy (non-hydrogen) atoms. The van der Waals surface area contributed by atoms with Crippen molar-refractivity contribution in [2.45, 2.75) is 44.6 Å². The van der Waals surface area contributed by atoms with Gasteiger partial charge in [0.2, 0.25) is 5.88 Å². The third kappa shape index (κ3) is 4.06. The summed E-state index contributed by atoms with van der Waals surface area (Å²) in [5.74, 6) is 0.583. The molecule has 0 saturated heterocycles. The number of nitrogens with zero attached hydrogens (tertiary/aromatic N) is 3. The van der Waals surface area contributed by atoms with Gasteiger partial charge >= 0.3 is 0 Å². The molecule has 0 radical (unpaired) electrons. The first-order chi connectivity index (χ1) is 14.1. The summed E-state index contributed by atoms with van der Waals surface area (Å²) in [6.45, 7) is 8.58. The van der Waals surface area contributed by atoms with Crippen molar-refractivity contribution in [1.82, 2.24) is 14.5 Å². The lowest BCUT2D eigenvalue weighted by Crippen LogP contribution is -2.11. The van der Waals surface area contributed by atoms with Crippen LogP contribution < -0.4 is 4.74 Å². The number of ether oxygens (including phenoxy) is 2. The Labute approximate surface area is 178 Å². The van der Waals surface area contributed by atoms with Gasteiger partial charge in [0.25, 0.3) is 0 Å². The summed E-state index contributed by atoms with van der Waals surface area (Å²) < 4.78 is 38.3. The van der Waals surface area contributed by atoms with Crippen molar-refractivity contribution >= 4 is 20.9 Å². The van der Waals surface area contributed by atoms with Gasteiger partial charge in [0.15, 0.2) is 9.84 Å². The molecule has 0 amide bonds. The number of aromatic nitrogens is 3. The average Bonchev–Trinajstić information content (AvgIpc) is 3.02. The van der Waals surface area contributed by atoms with Crippen molar-refractivity contribution in [1.29, 1.82) is 0 Å². The molecule has 0 aliphatic rings. The maximum atomic E-state index is 12.7. The molecule has 0 unspecified atom stereocenters. The molecule has 0 aliphatic carbocycles. The minimum Gasteiger partial charge on any atom is -0.480 e. The Bertz CT molecular complexity index is 1180. The molecule has 3 aromatic rings. The van der Waals surface area contributed by atoms with E-state index in [1.165, 1.54) is 13.4 Å². The molecule has 162 valence electrons. The number of rotatable bonds is 7. The summed E-state index contributed by atoms with van der Waals surface area (Å²) >= 11 is 0. The molecular weight excluding hydrogens is 402 g/mol. The van der Waals surface area contributed by atoms with Gasteiger partial charge in [0.05, 0.1) is 46.9 Å². The standard InChI is InChI=1S/C22H29N3O4S/c1-13(2)17-9-8-16(22(23-17)29-6)21-19(30(7,26)27)10-18-20(24-21)14(3)11-25(18)15(4)12-28-5/h8-11,13,15H,12H2,1-7H3/t15-/m0/s1. The molecule has 0 aliphatic heterocycles. The first-order valence-electron chi connectivity index (χ1n) is 9.85. The van der Waals surface area contributed by atoms with Crippen LogP contribution in [0.5, 0.6) is 5.88 Å². The molecule has 7 nitrogen and oxygen atoms in total. The summed E-state index contributed by atoms with van der Waals surface area (Å²) in [7, 11) is -0.384. The number of pyridine rings is 2. The maximum Gasteiger partial charge on any atom is 0.222 e. The monoisotopic (exact) mass is 431 g/mol. The van der Waals surface area contributed by atoms with E-state index in [1.807, 2.05) is 50.6 Å². The van der Waals surface area contributed by atoms with Gasteiger partial charge in [0, 0.05) is 25.3 Å². The van der Waals surface area contributed by atoms with Crippen LogP contribution in [0.4, 0.5) is 0 Å². The van der Waals surface area contributed by atoms with Gasteiger partial charge in [-0.25, -0.2) is 18.4 Å². The molecule has 3 rings (SSSR count). The molecule has 1 atom stereocenters. The average molecular weight is 432 g/mol. The summed E-state index contributed by atoms with van der Waals surface area (Å²) in [6.07, 6.45) is 3.18. The molecule has 0 N–H and O–H groups in total. The zero-order chi connectivity index (χ0) is 22.2. The highest BCUT2D eigenvalue weighted by Gasteiger charge is 2.24. The minimum atomic E-state index is -3.56. The van der Waals surface area contributed by atoms with Crippen LogP contribution in [0.25, 0.3) is 22.3 Å². The second-order valence-electron chi connectivity index (χ2n) is 7.95. The zero-order valence-electron chi connectivity index (χ0n) is 18.6. The minimum absolute atomic E-state index is 0.0350. The van der Waals surface area contributed by atoms with E-state index in [0.29, 0.717) is 23.7 Å². The summed E-state index contributed by atoms with van der Waals surface area (Å²) in [5, 5.41) is 0. The highest BCUT2D eigenvalue weighted by Crippen LogP contribution is 2.36. The van der Waals surface area contributed by atoms with Crippen LogP contribution in [-0.4, -0.2) is 50.0 Å². The van der Waals surface area contributed by atoms with Crippen LogP contribution in [0.1, 0.15) is 44.0 Å². The molecule has 0 aromatic carbocycles. The van der Waals surface area contributed by atoms with Crippen molar-refractivity contribution in [3.63, 3.8) is 0 Å². The van der Waals surface area contributed by atoms with Crippen LogP contribution in [0.15, 0.2) is 29.3 Å².